The predicted molar refractivity (Wildman–Crippen MR) is 112 cm³/mol. The summed E-state index contributed by atoms with van der Waals surface area (Å²) < 4.78 is 1.77. The van der Waals surface area contributed by atoms with Gasteiger partial charge in [-0.3, -0.25) is 19.2 Å². The lowest BCUT2D eigenvalue weighted by atomic mass is 10.2. The molecule has 0 fully saturated rings. The third-order valence-corrected chi connectivity index (χ3v) is 5.40. The van der Waals surface area contributed by atoms with Gasteiger partial charge in [-0.15, -0.1) is 0 Å². The van der Waals surface area contributed by atoms with Gasteiger partial charge in [-0.1, -0.05) is 49.9 Å². The van der Waals surface area contributed by atoms with Crippen LogP contribution in [0.5, 0.6) is 0 Å². The number of fused-ring (bicyclic) bond motifs is 1. The molecule has 146 valence electrons. The van der Waals surface area contributed by atoms with Gasteiger partial charge < -0.3 is 0 Å². The second kappa shape index (κ2) is 8.63. The van der Waals surface area contributed by atoms with Crippen LogP contribution < -0.4 is 10.5 Å². The fourth-order valence-electron chi connectivity index (χ4n) is 3.55. The zero-order valence-corrected chi connectivity index (χ0v) is 17.6. The summed E-state index contributed by atoms with van der Waals surface area (Å²) in [5, 5.41) is 1.13. The van der Waals surface area contributed by atoms with Gasteiger partial charge in [-0.2, -0.15) is 0 Å². The molecule has 2 heterocycles. The van der Waals surface area contributed by atoms with Gasteiger partial charge in [0.25, 0.3) is 5.56 Å². The maximum absolute atomic E-state index is 13.1. The van der Waals surface area contributed by atoms with Crippen LogP contribution in [0.4, 0.5) is 11.6 Å². The Labute approximate surface area is 170 Å². The minimum Gasteiger partial charge on any atom is -0.298 e. The normalized spacial score (nSPS) is 14.5. The molecule has 0 unspecified atom stereocenters. The smallest absolute Gasteiger partial charge is 0.259 e. The van der Waals surface area contributed by atoms with E-state index in [1.807, 2.05) is 30.9 Å². The average molecular weight is 409 g/mol. The first-order valence-corrected chi connectivity index (χ1v) is 10.3. The fraction of sp³-hybridized carbons (Fsp3) is 0.500. The van der Waals surface area contributed by atoms with E-state index < -0.39 is 0 Å². The molecular formula is C20H26Cl2N4O. The van der Waals surface area contributed by atoms with E-state index in [2.05, 4.69) is 11.8 Å². The van der Waals surface area contributed by atoms with Crippen molar-refractivity contribution in [1.82, 2.24) is 14.5 Å². The number of anilines is 2. The Morgan fingerprint density at radius 1 is 1.07 bits per heavy atom. The number of aromatic nitrogens is 2. The minimum atomic E-state index is 0.0401. The van der Waals surface area contributed by atoms with Crippen LogP contribution in [0.2, 0.25) is 10.0 Å². The second-order valence-electron chi connectivity index (χ2n) is 7.00. The van der Waals surface area contributed by atoms with E-state index in [-0.39, 0.29) is 5.56 Å². The first kappa shape index (κ1) is 20.2. The van der Waals surface area contributed by atoms with E-state index in [4.69, 9.17) is 28.2 Å². The van der Waals surface area contributed by atoms with E-state index in [9.17, 15) is 4.79 Å². The highest BCUT2D eigenvalue weighted by Crippen LogP contribution is 2.32. The number of hydrogen-bond donors (Lipinski definition) is 0. The molecule has 0 N–H and O–H groups in total. The quantitative estimate of drug-likeness (QED) is 0.631. The van der Waals surface area contributed by atoms with Gasteiger partial charge >= 0.3 is 0 Å². The number of aryl methyl sites for hydroxylation is 1. The van der Waals surface area contributed by atoms with Crippen LogP contribution in [0.15, 0.2) is 23.0 Å². The molecule has 1 aromatic heterocycles. The van der Waals surface area contributed by atoms with Crippen LogP contribution in [-0.2, 0) is 13.1 Å². The van der Waals surface area contributed by atoms with Crippen molar-refractivity contribution in [2.75, 3.05) is 18.1 Å². The first-order valence-electron chi connectivity index (χ1n) is 9.50. The summed E-state index contributed by atoms with van der Waals surface area (Å²) in [5.74, 6) is 0.653. The summed E-state index contributed by atoms with van der Waals surface area (Å²) in [5.41, 5.74) is 2.44. The molecule has 0 spiro atoms. The Kier molecular flexibility index (Phi) is 6.45. The Balaban J connectivity index is 2.08. The van der Waals surface area contributed by atoms with Crippen molar-refractivity contribution in [1.29, 1.82) is 0 Å². The molecule has 1 aliphatic heterocycles. The van der Waals surface area contributed by atoms with Crippen LogP contribution in [0.3, 0.4) is 0 Å². The van der Waals surface area contributed by atoms with E-state index in [0.717, 1.165) is 29.9 Å². The maximum Gasteiger partial charge on any atom is 0.259 e. The van der Waals surface area contributed by atoms with Crippen molar-refractivity contribution >= 4 is 34.8 Å². The zero-order valence-electron chi connectivity index (χ0n) is 16.1. The van der Waals surface area contributed by atoms with Crippen molar-refractivity contribution in [3.05, 3.63) is 49.9 Å². The molecule has 3 rings (SSSR count). The van der Waals surface area contributed by atoms with Gasteiger partial charge in [0.05, 0.1) is 13.3 Å². The van der Waals surface area contributed by atoms with Crippen molar-refractivity contribution in [3.8, 4) is 0 Å². The number of hydrogen-bond acceptors (Lipinski definition) is 4. The molecule has 1 aromatic carbocycles. The van der Waals surface area contributed by atoms with E-state index >= 15 is 0 Å². The fourth-order valence-corrected chi connectivity index (χ4v) is 4.07. The predicted octanol–water partition coefficient (Wildman–Crippen LogP) is 4.98. The van der Waals surface area contributed by atoms with Gasteiger partial charge in [0.1, 0.15) is 0 Å². The summed E-state index contributed by atoms with van der Waals surface area (Å²) in [7, 11) is 0. The highest BCUT2D eigenvalue weighted by molar-refractivity contribution is 6.35. The Morgan fingerprint density at radius 3 is 2.41 bits per heavy atom. The molecule has 0 amide bonds. The van der Waals surface area contributed by atoms with Crippen molar-refractivity contribution in [3.63, 3.8) is 0 Å². The molecular weight excluding hydrogens is 383 g/mol. The Bertz CT molecular complexity index is 861. The van der Waals surface area contributed by atoms with Gasteiger partial charge in [0.2, 0.25) is 5.95 Å². The lowest BCUT2D eigenvalue weighted by Gasteiger charge is -2.38. The number of benzene rings is 1. The van der Waals surface area contributed by atoms with Crippen LogP contribution in [-0.4, -0.2) is 27.7 Å². The molecule has 0 saturated carbocycles. The average Bonchev–Trinajstić information content (AvgIpc) is 2.61. The van der Waals surface area contributed by atoms with E-state index in [1.54, 1.807) is 10.6 Å². The van der Waals surface area contributed by atoms with Crippen molar-refractivity contribution < 1.29 is 0 Å². The molecule has 2 aromatic rings. The van der Waals surface area contributed by atoms with E-state index in [1.165, 1.54) is 12.8 Å². The minimum absolute atomic E-state index is 0.0401. The SMILES string of the molecule is CCCCCN1CN(c2cc(Cl)cc(Cl)c2)c2nc(C)c(CC)c(=O)n2C1. The third-order valence-electron chi connectivity index (χ3n) is 4.96. The topological polar surface area (TPSA) is 41.4 Å². The lowest BCUT2D eigenvalue weighted by molar-refractivity contribution is 0.194. The number of unbranched alkanes of at least 4 members (excludes halogenated alkanes) is 2. The molecule has 1 aliphatic rings. The lowest BCUT2D eigenvalue weighted by Crippen LogP contribution is -2.48. The molecule has 0 bridgehead atoms. The monoisotopic (exact) mass is 408 g/mol. The Morgan fingerprint density at radius 2 is 1.78 bits per heavy atom. The molecule has 0 aliphatic carbocycles. The summed E-state index contributed by atoms with van der Waals surface area (Å²) >= 11 is 12.5. The number of nitrogens with zero attached hydrogens (tertiary/aromatic N) is 4. The molecule has 0 atom stereocenters. The summed E-state index contributed by atoms with van der Waals surface area (Å²) in [6.45, 7) is 8.23. The standard InChI is InChI=1S/C20H26Cl2N4O/c1-4-6-7-8-24-12-25(17-10-15(21)9-16(22)11-17)20-23-14(3)18(5-2)19(27)26(20)13-24/h9-11H,4-8,12-13H2,1-3H3. The summed E-state index contributed by atoms with van der Waals surface area (Å²) in [4.78, 5) is 22.1. The molecule has 27 heavy (non-hydrogen) atoms. The van der Waals surface area contributed by atoms with Crippen LogP contribution in [0, 0.1) is 6.92 Å². The largest absolute Gasteiger partial charge is 0.298 e. The highest BCUT2D eigenvalue weighted by Gasteiger charge is 2.27. The van der Waals surface area contributed by atoms with Crippen molar-refractivity contribution in [2.45, 2.75) is 53.1 Å². The van der Waals surface area contributed by atoms with Gasteiger partial charge in [0.15, 0.2) is 0 Å². The third kappa shape index (κ3) is 4.31. The van der Waals surface area contributed by atoms with Crippen LogP contribution in [0.1, 0.15) is 44.4 Å². The highest BCUT2D eigenvalue weighted by atomic mass is 35.5. The number of rotatable bonds is 6. The molecule has 7 heteroatoms. The summed E-state index contributed by atoms with van der Waals surface area (Å²) in [6.07, 6.45) is 4.12. The summed E-state index contributed by atoms with van der Waals surface area (Å²) in [6, 6.07) is 5.44. The Hall–Kier alpha value is -1.56. The molecule has 0 saturated heterocycles. The number of halogens is 2. The first-order chi connectivity index (χ1) is 12.9. The van der Waals surface area contributed by atoms with Crippen molar-refractivity contribution in [2.24, 2.45) is 0 Å². The van der Waals surface area contributed by atoms with E-state index in [0.29, 0.717) is 35.8 Å². The van der Waals surface area contributed by atoms with Crippen LogP contribution in [0.25, 0.3) is 0 Å². The zero-order chi connectivity index (χ0) is 19.6. The maximum atomic E-state index is 13.1. The van der Waals surface area contributed by atoms with Gasteiger partial charge in [-0.05, 0) is 38.0 Å². The molecule has 5 nitrogen and oxygen atoms in total. The van der Waals surface area contributed by atoms with Crippen LogP contribution >= 0.6 is 23.2 Å². The van der Waals surface area contributed by atoms with Gasteiger partial charge in [0, 0.05) is 33.5 Å². The molecule has 0 radical (unpaired) electrons. The van der Waals surface area contributed by atoms with Gasteiger partial charge in [-0.25, -0.2) is 4.98 Å². The second-order valence-corrected chi connectivity index (χ2v) is 7.88.